The minimum Gasteiger partial charge on any atom is -0.383 e. The van der Waals surface area contributed by atoms with E-state index in [0.717, 1.165) is 16.1 Å². The molecule has 5 nitrogen and oxygen atoms in total. The molecule has 3 aromatic rings. The quantitative estimate of drug-likeness (QED) is 0.672. The number of nitrogens with one attached hydrogen (secondary N) is 1. The van der Waals surface area contributed by atoms with Gasteiger partial charge in [-0.2, -0.15) is 0 Å². The number of hydrogen-bond acceptors (Lipinski definition) is 6. The molecule has 2 heterocycles. The Labute approximate surface area is 137 Å². The van der Waals surface area contributed by atoms with Crippen LogP contribution in [0.15, 0.2) is 40.4 Å². The molecule has 0 aliphatic heterocycles. The highest BCUT2D eigenvalue weighted by Crippen LogP contribution is 2.35. The van der Waals surface area contributed by atoms with E-state index in [2.05, 4.69) is 15.5 Å². The first kappa shape index (κ1) is 15.8. The van der Waals surface area contributed by atoms with Gasteiger partial charge in [0, 0.05) is 30.8 Å². The summed E-state index contributed by atoms with van der Waals surface area (Å²) in [4.78, 5) is 4.36. The van der Waals surface area contributed by atoms with E-state index >= 15 is 0 Å². The van der Waals surface area contributed by atoms with E-state index in [0.29, 0.717) is 31.2 Å². The maximum absolute atomic E-state index is 13.1. The lowest BCUT2D eigenvalue weighted by Crippen LogP contribution is -2.18. The van der Waals surface area contributed by atoms with Gasteiger partial charge in [-0.3, -0.25) is 0 Å². The van der Waals surface area contributed by atoms with Crippen LogP contribution in [0.3, 0.4) is 0 Å². The molecule has 0 spiro atoms. The molecule has 1 aromatic carbocycles. The van der Waals surface area contributed by atoms with Gasteiger partial charge in [-0.1, -0.05) is 5.16 Å². The number of aromatic nitrogens is 2. The van der Waals surface area contributed by atoms with Gasteiger partial charge < -0.3 is 14.6 Å². The number of rotatable bonds is 7. The smallest absolute Gasteiger partial charge is 0.161 e. The summed E-state index contributed by atoms with van der Waals surface area (Å²) < 4.78 is 23.7. The van der Waals surface area contributed by atoms with E-state index < -0.39 is 0 Å². The van der Waals surface area contributed by atoms with Gasteiger partial charge >= 0.3 is 0 Å². The Kier molecular flexibility index (Phi) is 5.12. The van der Waals surface area contributed by atoms with Crippen LogP contribution in [0.2, 0.25) is 0 Å². The highest BCUT2D eigenvalue weighted by Gasteiger charge is 2.20. The molecule has 0 radical (unpaired) electrons. The van der Waals surface area contributed by atoms with Crippen molar-refractivity contribution < 1.29 is 13.7 Å². The van der Waals surface area contributed by atoms with E-state index in [1.807, 2.05) is 5.38 Å². The van der Waals surface area contributed by atoms with Gasteiger partial charge in [0.25, 0.3) is 0 Å². The summed E-state index contributed by atoms with van der Waals surface area (Å²) in [6, 6.07) is 6.19. The fourth-order valence-corrected chi connectivity index (χ4v) is 2.89. The van der Waals surface area contributed by atoms with Gasteiger partial charge in [-0.15, -0.1) is 11.3 Å². The minimum atomic E-state index is -0.283. The van der Waals surface area contributed by atoms with Gasteiger partial charge in [-0.05, 0) is 24.3 Å². The molecule has 0 unspecified atom stereocenters. The predicted octanol–water partition coefficient (Wildman–Crippen LogP) is 3.34. The number of thiazole rings is 1. The fourth-order valence-electron chi connectivity index (χ4n) is 2.19. The summed E-state index contributed by atoms with van der Waals surface area (Å²) in [6.45, 7) is 1.85. The van der Waals surface area contributed by atoms with Crippen LogP contribution in [-0.4, -0.2) is 30.4 Å². The lowest BCUT2D eigenvalue weighted by atomic mass is 10.1. The molecule has 0 amide bonds. The highest BCUT2D eigenvalue weighted by atomic mass is 32.1. The van der Waals surface area contributed by atoms with Crippen LogP contribution in [-0.2, 0) is 11.3 Å². The number of hydrogen-bond donors (Lipinski definition) is 1. The van der Waals surface area contributed by atoms with Crippen molar-refractivity contribution >= 4 is 11.3 Å². The van der Waals surface area contributed by atoms with Crippen molar-refractivity contribution in [1.82, 2.24) is 15.5 Å². The number of ether oxygens (including phenoxy) is 1. The van der Waals surface area contributed by atoms with Crippen LogP contribution < -0.4 is 5.32 Å². The summed E-state index contributed by atoms with van der Waals surface area (Å²) in [7, 11) is 1.66. The second-order valence-electron chi connectivity index (χ2n) is 4.84. The van der Waals surface area contributed by atoms with Crippen molar-refractivity contribution in [1.29, 1.82) is 0 Å². The van der Waals surface area contributed by atoms with E-state index in [9.17, 15) is 4.39 Å². The zero-order valence-corrected chi connectivity index (χ0v) is 13.4. The molecule has 0 saturated heterocycles. The van der Waals surface area contributed by atoms with Crippen LogP contribution in [0.25, 0.3) is 21.8 Å². The van der Waals surface area contributed by atoms with Crippen molar-refractivity contribution in [2.24, 2.45) is 0 Å². The first-order valence-electron chi connectivity index (χ1n) is 7.13. The first-order valence-corrected chi connectivity index (χ1v) is 8.01. The molecular formula is C16H16FN3O2S. The number of benzene rings is 1. The number of methoxy groups -OCH3 is 1. The van der Waals surface area contributed by atoms with Crippen molar-refractivity contribution in [3.05, 3.63) is 47.4 Å². The lowest BCUT2D eigenvalue weighted by Gasteiger charge is -2.03. The molecule has 0 aliphatic rings. The maximum atomic E-state index is 13.1. The molecule has 0 saturated carbocycles. The van der Waals surface area contributed by atoms with E-state index in [1.54, 1.807) is 25.4 Å². The molecule has 1 N–H and O–H groups in total. The van der Waals surface area contributed by atoms with Crippen molar-refractivity contribution in [2.75, 3.05) is 20.3 Å². The summed E-state index contributed by atoms with van der Waals surface area (Å²) in [5, 5.41) is 10.1. The molecule has 7 heteroatoms. The molecule has 0 atom stereocenters. The third-order valence-corrected chi connectivity index (χ3v) is 4.09. The van der Waals surface area contributed by atoms with Crippen LogP contribution in [0, 0.1) is 5.82 Å². The molecular weight excluding hydrogens is 317 g/mol. The Hall–Kier alpha value is -2.09. The second-order valence-corrected chi connectivity index (χ2v) is 5.74. The lowest BCUT2D eigenvalue weighted by molar-refractivity contribution is 0.198. The average molecular weight is 333 g/mol. The van der Waals surface area contributed by atoms with Crippen LogP contribution in [0.4, 0.5) is 4.39 Å². The number of halogens is 1. The summed E-state index contributed by atoms with van der Waals surface area (Å²) in [5.74, 6) is 0.421. The zero-order chi connectivity index (χ0) is 16.1. The minimum absolute atomic E-state index is 0.283. The Balaban J connectivity index is 1.93. The summed E-state index contributed by atoms with van der Waals surface area (Å²) >= 11 is 1.51. The van der Waals surface area contributed by atoms with Gasteiger partial charge in [0.1, 0.15) is 16.5 Å². The van der Waals surface area contributed by atoms with Crippen LogP contribution in [0.1, 0.15) is 5.76 Å². The molecule has 0 bridgehead atoms. The Morgan fingerprint density at radius 1 is 1.30 bits per heavy atom. The highest BCUT2D eigenvalue weighted by molar-refractivity contribution is 7.13. The predicted molar refractivity (Wildman–Crippen MR) is 86.6 cm³/mol. The molecule has 0 fully saturated rings. The molecule has 23 heavy (non-hydrogen) atoms. The Bertz CT molecular complexity index is 741. The topological polar surface area (TPSA) is 60.2 Å². The molecule has 120 valence electrons. The number of nitrogens with zero attached hydrogens (tertiary/aromatic N) is 2. The Morgan fingerprint density at radius 3 is 2.83 bits per heavy atom. The molecule has 0 aliphatic carbocycles. The average Bonchev–Trinajstić information content (AvgIpc) is 3.21. The molecule has 3 rings (SSSR count). The SMILES string of the molecule is COCCNCc1onc(-c2ccc(F)cc2)c1-c1nccs1. The van der Waals surface area contributed by atoms with Crippen molar-refractivity contribution in [2.45, 2.75) is 6.54 Å². The van der Waals surface area contributed by atoms with Crippen molar-refractivity contribution in [3.63, 3.8) is 0 Å². The second kappa shape index (κ2) is 7.45. The van der Waals surface area contributed by atoms with Crippen LogP contribution >= 0.6 is 11.3 Å². The first-order chi connectivity index (χ1) is 11.3. The normalized spacial score (nSPS) is 11.0. The van der Waals surface area contributed by atoms with Gasteiger partial charge in [0.15, 0.2) is 5.76 Å². The monoisotopic (exact) mass is 333 g/mol. The zero-order valence-electron chi connectivity index (χ0n) is 12.6. The summed E-state index contributed by atoms with van der Waals surface area (Å²) in [6.07, 6.45) is 1.74. The Morgan fingerprint density at radius 2 is 2.13 bits per heavy atom. The summed E-state index contributed by atoms with van der Waals surface area (Å²) in [5.41, 5.74) is 2.31. The largest absolute Gasteiger partial charge is 0.383 e. The van der Waals surface area contributed by atoms with Gasteiger partial charge in [-0.25, -0.2) is 9.37 Å². The van der Waals surface area contributed by atoms with E-state index in [4.69, 9.17) is 9.26 Å². The maximum Gasteiger partial charge on any atom is 0.161 e. The third kappa shape index (κ3) is 3.64. The third-order valence-electron chi connectivity index (χ3n) is 3.30. The van der Waals surface area contributed by atoms with Crippen LogP contribution in [0.5, 0.6) is 0 Å². The van der Waals surface area contributed by atoms with Gasteiger partial charge in [0.05, 0.1) is 18.7 Å². The van der Waals surface area contributed by atoms with E-state index in [1.165, 1.54) is 23.5 Å². The van der Waals surface area contributed by atoms with Gasteiger partial charge in [0.2, 0.25) is 0 Å². The molecule has 2 aromatic heterocycles. The fraction of sp³-hybridized carbons (Fsp3) is 0.250. The van der Waals surface area contributed by atoms with Crippen molar-refractivity contribution in [3.8, 4) is 21.8 Å². The standard InChI is InChI=1S/C16H16FN3O2S/c1-21-8-6-18-10-13-14(16-19-7-9-23-16)15(20-22-13)11-2-4-12(17)5-3-11/h2-5,7,9,18H,6,8,10H2,1H3. The van der Waals surface area contributed by atoms with E-state index in [-0.39, 0.29) is 5.82 Å².